The molecule has 1 aromatic carbocycles. The maximum atomic E-state index is 5.21. The van der Waals surface area contributed by atoms with Gasteiger partial charge in [-0.25, -0.2) is 4.98 Å². The van der Waals surface area contributed by atoms with Crippen LogP contribution in [0.15, 0.2) is 41.8 Å². The Morgan fingerprint density at radius 3 is 3.00 bits per heavy atom. The van der Waals surface area contributed by atoms with Gasteiger partial charge in [-0.05, 0) is 24.6 Å². The van der Waals surface area contributed by atoms with Crippen molar-refractivity contribution in [2.45, 2.75) is 17.3 Å². The first-order valence-electron chi connectivity index (χ1n) is 5.09. The molecule has 1 unspecified atom stereocenters. The second kappa shape index (κ2) is 5.07. The Balaban J connectivity index is 2.11. The number of H-pyrrole nitrogens is 1. The number of nitrogens with one attached hydrogen (secondary N) is 1. The van der Waals surface area contributed by atoms with Crippen LogP contribution < -0.4 is 4.74 Å². The van der Waals surface area contributed by atoms with Gasteiger partial charge in [-0.15, -0.1) is 0 Å². The van der Waals surface area contributed by atoms with E-state index in [4.69, 9.17) is 4.74 Å². The Bertz CT molecular complexity index is 442. The summed E-state index contributed by atoms with van der Waals surface area (Å²) in [6.45, 7) is 2.15. The number of aromatic amines is 1. The molecule has 2 rings (SSSR count). The van der Waals surface area contributed by atoms with Gasteiger partial charge in [0.2, 0.25) is 0 Å². The largest absolute Gasteiger partial charge is 0.497 e. The summed E-state index contributed by atoms with van der Waals surface area (Å²) in [5.41, 5.74) is 1.24. The van der Waals surface area contributed by atoms with Crippen molar-refractivity contribution < 1.29 is 4.74 Å². The van der Waals surface area contributed by atoms with Gasteiger partial charge in [0.25, 0.3) is 0 Å². The molecule has 1 aromatic heterocycles. The second-order valence-corrected chi connectivity index (χ2v) is 4.76. The van der Waals surface area contributed by atoms with Gasteiger partial charge in [-0.1, -0.05) is 23.9 Å². The zero-order valence-electron chi connectivity index (χ0n) is 9.31. The lowest BCUT2D eigenvalue weighted by Crippen LogP contribution is -1.91. The van der Waals surface area contributed by atoms with Crippen LogP contribution in [0.5, 0.6) is 5.75 Å². The van der Waals surface area contributed by atoms with E-state index in [9.17, 15) is 0 Å². The minimum atomic E-state index is 0.348. The minimum Gasteiger partial charge on any atom is -0.497 e. The van der Waals surface area contributed by atoms with E-state index in [0.29, 0.717) is 5.25 Å². The lowest BCUT2D eigenvalue weighted by atomic mass is 10.1. The van der Waals surface area contributed by atoms with Crippen molar-refractivity contribution in [3.05, 3.63) is 42.2 Å². The van der Waals surface area contributed by atoms with Gasteiger partial charge < -0.3 is 9.72 Å². The van der Waals surface area contributed by atoms with Crippen LogP contribution >= 0.6 is 11.8 Å². The normalized spacial score (nSPS) is 12.4. The summed E-state index contributed by atoms with van der Waals surface area (Å²) < 4.78 is 5.21. The van der Waals surface area contributed by atoms with Gasteiger partial charge in [0, 0.05) is 17.6 Å². The summed E-state index contributed by atoms with van der Waals surface area (Å²) in [6, 6.07) is 8.12. The predicted molar refractivity (Wildman–Crippen MR) is 65.9 cm³/mol. The zero-order chi connectivity index (χ0) is 11.4. The molecular weight excluding hydrogens is 220 g/mol. The highest BCUT2D eigenvalue weighted by Crippen LogP contribution is 2.33. The molecule has 4 heteroatoms. The van der Waals surface area contributed by atoms with Crippen LogP contribution in [0.1, 0.15) is 17.7 Å². The highest BCUT2D eigenvalue weighted by Gasteiger charge is 2.09. The van der Waals surface area contributed by atoms with Crippen LogP contribution in [-0.2, 0) is 0 Å². The fourth-order valence-corrected chi connectivity index (χ4v) is 2.32. The molecule has 0 aliphatic heterocycles. The third-order valence-electron chi connectivity index (χ3n) is 2.32. The van der Waals surface area contributed by atoms with Gasteiger partial charge in [0.15, 0.2) is 5.16 Å². The van der Waals surface area contributed by atoms with Crippen molar-refractivity contribution >= 4 is 11.8 Å². The Morgan fingerprint density at radius 2 is 2.31 bits per heavy atom. The van der Waals surface area contributed by atoms with Crippen molar-refractivity contribution in [1.29, 1.82) is 0 Å². The highest BCUT2D eigenvalue weighted by atomic mass is 32.2. The van der Waals surface area contributed by atoms with Crippen molar-refractivity contribution in [2.24, 2.45) is 0 Å². The number of methoxy groups -OCH3 is 1. The van der Waals surface area contributed by atoms with Crippen molar-refractivity contribution in [1.82, 2.24) is 9.97 Å². The molecule has 0 fully saturated rings. The molecule has 0 spiro atoms. The summed E-state index contributed by atoms with van der Waals surface area (Å²) >= 11 is 1.70. The Kier molecular flexibility index (Phi) is 3.51. The maximum absolute atomic E-state index is 5.21. The predicted octanol–water partition coefficient (Wildman–Crippen LogP) is 3.27. The van der Waals surface area contributed by atoms with Crippen LogP contribution in [0.3, 0.4) is 0 Å². The fourth-order valence-electron chi connectivity index (χ4n) is 1.45. The molecular formula is C12H14N2OS. The van der Waals surface area contributed by atoms with Gasteiger partial charge in [0.1, 0.15) is 5.75 Å². The van der Waals surface area contributed by atoms with Gasteiger partial charge in [-0.3, -0.25) is 0 Å². The van der Waals surface area contributed by atoms with Gasteiger partial charge >= 0.3 is 0 Å². The molecule has 0 aliphatic rings. The molecule has 1 atom stereocenters. The quantitative estimate of drug-likeness (QED) is 0.825. The molecule has 84 valence electrons. The molecule has 16 heavy (non-hydrogen) atoms. The van der Waals surface area contributed by atoms with Gasteiger partial charge in [0.05, 0.1) is 7.11 Å². The number of ether oxygens (including phenoxy) is 1. The number of aromatic nitrogens is 2. The smallest absolute Gasteiger partial charge is 0.165 e. The monoisotopic (exact) mass is 234 g/mol. The number of benzene rings is 1. The molecule has 3 nitrogen and oxygen atoms in total. The average Bonchev–Trinajstić information content (AvgIpc) is 2.82. The van der Waals surface area contributed by atoms with Gasteiger partial charge in [-0.2, -0.15) is 0 Å². The van der Waals surface area contributed by atoms with E-state index >= 15 is 0 Å². The number of thioether (sulfide) groups is 1. The molecule has 0 aliphatic carbocycles. The van der Waals surface area contributed by atoms with Crippen LogP contribution in [0.4, 0.5) is 0 Å². The molecule has 0 saturated carbocycles. The fraction of sp³-hybridized carbons (Fsp3) is 0.250. The summed E-state index contributed by atoms with van der Waals surface area (Å²) in [5.74, 6) is 0.893. The Morgan fingerprint density at radius 1 is 1.44 bits per heavy atom. The van der Waals surface area contributed by atoms with Crippen molar-refractivity contribution in [3.8, 4) is 5.75 Å². The number of hydrogen-bond acceptors (Lipinski definition) is 3. The SMILES string of the molecule is COc1cccc(C(C)Sc2ncc[nH]2)c1. The number of nitrogens with zero attached hydrogens (tertiary/aromatic N) is 1. The standard InChI is InChI=1S/C12H14N2OS/c1-9(16-12-13-6-7-14-12)10-4-3-5-11(8-10)15-2/h3-9H,1-2H3,(H,13,14). The third-order valence-corrected chi connectivity index (χ3v) is 3.40. The molecule has 1 N–H and O–H groups in total. The first-order chi connectivity index (χ1) is 7.79. The molecule has 0 radical (unpaired) electrons. The maximum Gasteiger partial charge on any atom is 0.165 e. The molecule has 1 heterocycles. The van der Waals surface area contributed by atoms with Crippen LogP contribution in [0.25, 0.3) is 0 Å². The Labute approximate surface area is 99.2 Å². The number of rotatable bonds is 4. The van der Waals surface area contributed by atoms with E-state index in [1.54, 1.807) is 25.1 Å². The topological polar surface area (TPSA) is 37.9 Å². The minimum absolute atomic E-state index is 0.348. The van der Waals surface area contributed by atoms with E-state index in [-0.39, 0.29) is 0 Å². The summed E-state index contributed by atoms with van der Waals surface area (Å²) in [5, 5.41) is 1.29. The van der Waals surface area contributed by atoms with E-state index in [0.717, 1.165) is 10.9 Å². The summed E-state index contributed by atoms with van der Waals surface area (Å²) in [6.07, 6.45) is 3.60. The van der Waals surface area contributed by atoms with E-state index in [2.05, 4.69) is 29.0 Å². The Hall–Kier alpha value is -1.42. The van der Waals surface area contributed by atoms with Crippen molar-refractivity contribution in [3.63, 3.8) is 0 Å². The third kappa shape index (κ3) is 2.58. The van der Waals surface area contributed by atoms with Crippen LogP contribution in [-0.4, -0.2) is 17.1 Å². The van der Waals surface area contributed by atoms with Crippen LogP contribution in [0, 0.1) is 0 Å². The summed E-state index contributed by atoms with van der Waals surface area (Å²) in [7, 11) is 1.68. The van der Waals surface area contributed by atoms with Crippen molar-refractivity contribution in [2.75, 3.05) is 7.11 Å². The first-order valence-corrected chi connectivity index (χ1v) is 5.97. The molecule has 0 bridgehead atoms. The molecule has 0 amide bonds. The van der Waals surface area contributed by atoms with E-state index in [1.165, 1.54) is 5.56 Å². The van der Waals surface area contributed by atoms with Crippen LogP contribution in [0.2, 0.25) is 0 Å². The molecule has 0 saturated heterocycles. The second-order valence-electron chi connectivity index (χ2n) is 3.43. The number of hydrogen-bond donors (Lipinski definition) is 1. The first kappa shape index (κ1) is 11.1. The lowest BCUT2D eigenvalue weighted by molar-refractivity contribution is 0.414. The average molecular weight is 234 g/mol. The highest BCUT2D eigenvalue weighted by molar-refractivity contribution is 7.99. The zero-order valence-corrected chi connectivity index (χ0v) is 10.1. The van der Waals surface area contributed by atoms with E-state index in [1.807, 2.05) is 18.3 Å². The summed E-state index contributed by atoms with van der Waals surface area (Å²) in [4.78, 5) is 7.29. The number of imidazole rings is 1. The van der Waals surface area contributed by atoms with E-state index < -0.39 is 0 Å². The molecule has 2 aromatic rings. The lowest BCUT2D eigenvalue weighted by Gasteiger charge is -2.10.